The van der Waals surface area contributed by atoms with Crippen molar-refractivity contribution < 1.29 is 0 Å². The summed E-state index contributed by atoms with van der Waals surface area (Å²) in [6, 6.07) is 4.15. The number of hydrogen-bond donors (Lipinski definition) is 1. The first-order chi connectivity index (χ1) is 6.68. The number of nitrogens with zero attached hydrogens (tertiary/aromatic N) is 1. The van der Waals surface area contributed by atoms with Crippen molar-refractivity contribution in [2.45, 2.75) is 33.1 Å². The first kappa shape index (κ1) is 9.50. The van der Waals surface area contributed by atoms with E-state index in [-0.39, 0.29) is 0 Å². The molecule has 0 amide bonds. The number of aromatic nitrogens is 1. The third kappa shape index (κ3) is 2.06. The largest absolute Gasteiger partial charge is 0.370 e. The Bertz CT molecular complexity index is 299. The zero-order valence-corrected chi connectivity index (χ0v) is 9.01. The lowest BCUT2D eigenvalue weighted by molar-refractivity contribution is 0.180. The quantitative estimate of drug-likeness (QED) is 0.792. The zero-order valence-electron chi connectivity index (χ0n) is 9.01. The fraction of sp³-hybridized carbons (Fsp3) is 0.583. The highest BCUT2D eigenvalue weighted by Gasteiger charge is 2.31. The van der Waals surface area contributed by atoms with Crippen molar-refractivity contribution in [3.05, 3.63) is 23.9 Å². The molecule has 1 saturated carbocycles. The van der Waals surface area contributed by atoms with Gasteiger partial charge in [0.15, 0.2) is 0 Å². The number of hydrogen-bond acceptors (Lipinski definition) is 2. The fourth-order valence-corrected chi connectivity index (χ4v) is 1.83. The summed E-state index contributed by atoms with van der Waals surface area (Å²) >= 11 is 0. The highest BCUT2D eigenvalue weighted by molar-refractivity contribution is 5.35. The molecule has 1 fully saturated rings. The summed E-state index contributed by atoms with van der Waals surface area (Å²) in [5.74, 6) is 1.00. The first-order valence-corrected chi connectivity index (χ1v) is 5.35. The van der Waals surface area contributed by atoms with E-state index in [0.717, 1.165) is 12.4 Å². The molecule has 0 atom stereocenters. The van der Waals surface area contributed by atoms with E-state index in [1.54, 1.807) is 0 Å². The molecular formula is C12H18N2. The van der Waals surface area contributed by atoms with Crippen molar-refractivity contribution >= 4 is 5.82 Å². The molecule has 1 heterocycles. The summed E-state index contributed by atoms with van der Waals surface area (Å²) in [5.41, 5.74) is 1.73. The topological polar surface area (TPSA) is 24.9 Å². The van der Waals surface area contributed by atoms with Gasteiger partial charge in [0.25, 0.3) is 0 Å². The third-order valence-corrected chi connectivity index (χ3v) is 3.17. The van der Waals surface area contributed by atoms with Crippen LogP contribution < -0.4 is 5.32 Å². The Morgan fingerprint density at radius 2 is 2.21 bits per heavy atom. The van der Waals surface area contributed by atoms with Crippen LogP contribution >= 0.6 is 0 Å². The smallest absolute Gasteiger partial charge is 0.125 e. The van der Waals surface area contributed by atoms with Crippen molar-refractivity contribution in [3.63, 3.8) is 0 Å². The van der Waals surface area contributed by atoms with Gasteiger partial charge in [-0.15, -0.1) is 0 Å². The van der Waals surface area contributed by atoms with Crippen LogP contribution in [0, 0.1) is 12.3 Å². The second kappa shape index (κ2) is 3.60. The Hall–Kier alpha value is -1.05. The first-order valence-electron chi connectivity index (χ1n) is 5.35. The predicted octanol–water partition coefficient (Wildman–Crippen LogP) is 2.99. The molecule has 0 aromatic carbocycles. The molecule has 1 aliphatic rings. The van der Waals surface area contributed by atoms with Crippen LogP contribution in [0.15, 0.2) is 18.3 Å². The van der Waals surface area contributed by atoms with Crippen LogP contribution in [-0.2, 0) is 0 Å². The Balaban J connectivity index is 1.88. The molecule has 2 heteroatoms. The summed E-state index contributed by atoms with van der Waals surface area (Å²) < 4.78 is 0. The third-order valence-electron chi connectivity index (χ3n) is 3.17. The van der Waals surface area contributed by atoms with Crippen LogP contribution in [0.25, 0.3) is 0 Å². The lowest BCUT2D eigenvalue weighted by Gasteiger charge is -2.38. The van der Waals surface area contributed by atoms with E-state index in [9.17, 15) is 0 Å². The molecule has 1 N–H and O–H groups in total. The Morgan fingerprint density at radius 3 is 2.71 bits per heavy atom. The molecule has 0 bridgehead atoms. The highest BCUT2D eigenvalue weighted by atomic mass is 15.0. The van der Waals surface area contributed by atoms with Crippen LogP contribution in [0.1, 0.15) is 31.7 Å². The normalized spacial score (nSPS) is 18.7. The van der Waals surface area contributed by atoms with Crippen LogP contribution in [0.3, 0.4) is 0 Å². The van der Waals surface area contributed by atoms with Crippen molar-refractivity contribution in [2.75, 3.05) is 11.9 Å². The second-order valence-electron chi connectivity index (χ2n) is 4.74. The zero-order chi connectivity index (χ0) is 10.0. The lowest BCUT2D eigenvalue weighted by Crippen LogP contribution is -2.33. The molecular weight excluding hydrogens is 172 g/mol. The van der Waals surface area contributed by atoms with E-state index in [0.29, 0.717) is 5.41 Å². The molecule has 2 rings (SSSR count). The van der Waals surface area contributed by atoms with Crippen LogP contribution in [0.4, 0.5) is 5.82 Å². The summed E-state index contributed by atoms with van der Waals surface area (Å²) in [5, 5.41) is 3.40. The maximum atomic E-state index is 4.33. The van der Waals surface area contributed by atoms with Crippen molar-refractivity contribution in [1.29, 1.82) is 0 Å². The molecule has 0 spiro atoms. The van der Waals surface area contributed by atoms with E-state index in [4.69, 9.17) is 0 Å². The molecule has 1 aromatic rings. The van der Waals surface area contributed by atoms with E-state index < -0.39 is 0 Å². The molecule has 1 aliphatic carbocycles. The molecule has 0 aliphatic heterocycles. The van der Waals surface area contributed by atoms with Gasteiger partial charge in [0.2, 0.25) is 0 Å². The van der Waals surface area contributed by atoms with Gasteiger partial charge in [0.1, 0.15) is 5.82 Å². The van der Waals surface area contributed by atoms with Crippen LogP contribution in [0.5, 0.6) is 0 Å². The van der Waals surface area contributed by atoms with E-state index in [1.807, 2.05) is 6.20 Å². The predicted molar refractivity (Wildman–Crippen MR) is 59.4 cm³/mol. The molecule has 0 saturated heterocycles. The van der Waals surface area contributed by atoms with Crippen LogP contribution in [0.2, 0.25) is 0 Å². The van der Waals surface area contributed by atoms with Crippen LogP contribution in [-0.4, -0.2) is 11.5 Å². The van der Waals surface area contributed by atoms with E-state index in [2.05, 4.69) is 36.3 Å². The van der Waals surface area contributed by atoms with Crippen molar-refractivity contribution in [2.24, 2.45) is 5.41 Å². The van der Waals surface area contributed by atoms with E-state index in [1.165, 1.54) is 24.8 Å². The summed E-state index contributed by atoms with van der Waals surface area (Å²) in [4.78, 5) is 4.33. The molecule has 14 heavy (non-hydrogen) atoms. The number of nitrogens with one attached hydrogen (secondary N) is 1. The highest BCUT2D eigenvalue weighted by Crippen LogP contribution is 2.39. The monoisotopic (exact) mass is 190 g/mol. The maximum absolute atomic E-state index is 4.33. The number of rotatable bonds is 3. The summed E-state index contributed by atoms with van der Waals surface area (Å²) in [6.07, 6.45) is 6.00. The Morgan fingerprint density at radius 1 is 1.43 bits per heavy atom. The second-order valence-corrected chi connectivity index (χ2v) is 4.74. The minimum absolute atomic E-state index is 0.520. The van der Waals surface area contributed by atoms with Gasteiger partial charge in [0, 0.05) is 12.7 Å². The number of anilines is 1. The Kier molecular flexibility index (Phi) is 2.44. The average molecular weight is 190 g/mol. The average Bonchev–Trinajstić information content (AvgIpc) is 2.14. The van der Waals surface area contributed by atoms with E-state index >= 15 is 0 Å². The standard InChI is InChI=1S/C12H18N2/c1-10-4-5-11(13-8-10)14-9-12(2)6-3-7-12/h4-5,8H,3,6-7,9H2,1-2H3,(H,13,14). The summed E-state index contributed by atoms with van der Waals surface area (Å²) in [6.45, 7) is 5.46. The number of aryl methyl sites for hydroxylation is 1. The number of pyridine rings is 1. The SMILES string of the molecule is Cc1ccc(NCC2(C)CCC2)nc1. The molecule has 2 nitrogen and oxygen atoms in total. The van der Waals surface area contributed by atoms with Gasteiger partial charge >= 0.3 is 0 Å². The van der Waals surface area contributed by atoms with Gasteiger partial charge in [-0.05, 0) is 36.8 Å². The van der Waals surface area contributed by atoms with Crippen molar-refractivity contribution in [1.82, 2.24) is 4.98 Å². The minimum atomic E-state index is 0.520. The Labute approximate surface area is 85.7 Å². The lowest BCUT2D eigenvalue weighted by atomic mass is 9.70. The maximum Gasteiger partial charge on any atom is 0.125 e. The molecule has 76 valence electrons. The minimum Gasteiger partial charge on any atom is -0.370 e. The molecule has 0 radical (unpaired) electrons. The van der Waals surface area contributed by atoms with Gasteiger partial charge in [0.05, 0.1) is 0 Å². The van der Waals surface area contributed by atoms with Gasteiger partial charge in [-0.2, -0.15) is 0 Å². The van der Waals surface area contributed by atoms with Gasteiger partial charge in [-0.25, -0.2) is 4.98 Å². The molecule has 1 aromatic heterocycles. The fourth-order valence-electron chi connectivity index (χ4n) is 1.83. The van der Waals surface area contributed by atoms with Crippen molar-refractivity contribution in [3.8, 4) is 0 Å². The van der Waals surface area contributed by atoms with Gasteiger partial charge < -0.3 is 5.32 Å². The van der Waals surface area contributed by atoms with Gasteiger partial charge in [-0.3, -0.25) is 0 Å². The van der Waals surface area contributed by atoms with Gasteiger partial charge in [-0.1, -0.05) is 19.4 Å². The summed E-state index contributed by atoms with van der Waals surface area (Å²) in [7, 11) is 0. The molecule has 0 unspecified atom stereocenters.